The molecular formula is C15H18FN. The Balaban J connectivity index is 2.47. The maximum atomic E-state index is 14.4. The van der Waals surface area contributed by atoms with Crippen LogP contribution in [0.25, 0.3) is 0 Å². The molecule has 0 atom stereocenters. The van der Waals surface area contributed by atoms with Gasteiger partial charge in [-0.05, 0) is 30.4 Å². The van der Waals surface area contributed by atoms with Gasteiger partial charge in [0, 0.05) is 11.8 Å². The van der Waals surface area contributed by atoms with E-state index < -0.39 is 0 Å². The number of benzene rings is 1. The van der Waals surface area contributed by atoms with Crippen LogP contribution in [0.3, 0.4) is 0 Å². The summed E-state index contributed by atoms with van der Waals surface area (Å²) in [7, 11) is 0. The summed E-state index contributed by atoms with van der Waals surface area (Å²) in [6, 6.07) is 7.89. The predicted molar refractivity (Wildman–Crippen MR) is 66.2 cm³/mol. The van der Waals surface area contributed by atoms with Crippen LogP contribution in [0, 0.1) is 17.1 Å². The highest BCUT2D eigenvalue weighted by molar-refractivity contribution is 5.34. The molecule has 90 valence electrons. The van der Waals surface area contributed by atoms with E-state index in [2.05, 4.69) is 6.07 Å². The first-order valence-electron chi connectivity index (χ1n) is 6.38. The normalized spacial score (nSPS) is 17.9. The zero-order chi connectivity index (χ0) is 12.3. The van der Waals surface area contributed by atoms with E-state index >= 15 is 0 Å². The molecule has 0 unspecified atom stereocenters. The molecule has 0 aromatic heterocycles. The predicted octanol–water partition coefficient (Wildman–Crippen LogP) is 4.11. The molecule has 1 aromatic rings. The van der Waals surface area contributed by atoms with Crippen molar-refractivity contribution in [2.45, 2.75) is 50.9 Å². The topological polar surface area (TPSA) is 23.8 Å². The minimum absolute atomic E-state index is 0.0767. The van der Waals surface area contributed by atoms with Crippen molar-refractivity contribution in [1.29, 1.82) is 5.26 Å². The second kappa shape index (κ2) is 4.87. The van der Waals surface area contributed by atoms with Crippen molar-refractivity contribution in [2.75, 3.05) is 0 Å². The first-order chi connectivity index (χ1) is 8.23. The van der Waals surface area contributed by atoms with Crippen molar-refractivity contribution in [2.24, 2.45) is 0 Å². The molecule has 0 N–H and O–H groups in total. The van der Waals surface area contributed by atoms with Crippen LogP contribution in [-0.2, 0) is 11.8 Å². The SMILES string of the molecule is CCc1cccc(C2(CC#N)CCCC2)c1F. The first kappa shape index (κ1) is 12.1. The highest BCUT2D eigenvalue weighted by Crippen LogP contribution is 2.44. The van der Waals surface area contributed by atoms with Gasteiger partial charge in [0.2, 0.25) is 0 Å². The van der Waals surface area contributed by atoms with Gasteiger partial charge >= 0.3 is 0 Å². The Morgan fingerprint density at radius 2 is 2.06 bits per heavy atom. The molecule has 2 rings (SSSR count). The summed E-state index contributed by atoms with van der Waals surface area (Å²) in [6.07, 6.45) is 5.27. The molecule has 1 aromatic carbocycles. The quantitative estimate of drug-likeness (QED) is 0.767. The summed E-state index contributed by atoms with van der Waals surface area (Å²) in [5.74, 6) is -0.0767. The molecule has 2 heteroatoms. The average Bonchev–Trinajstić information content (AvgIpc) is 2.79. The smallest absolute Gasteiger partial charge is 0.130 e. The van der Waals surface area contributed by atoms with E-state index in [0.717, 1.165) is 36.8 Å². The zero-order valence-electron chi connectivity index (χ0n) is 10.3. The molecule has 1 saturated carbocycles. The van der Waals surface area contributed by atoms with Gasteiger partial charge in [-0.2, -0.15) is 5.26 Å². The van der Waals surface area contributed by atoms with Crippen LogP contribution in [0.15, 0.2) is 18.2 Å². The van der Waals surface area contributed by atoms with E-state index in [4.69, 9.17) is 5.26 Å². The van der Waals surface area contributed by atoms with Gasteiger partial charge in [0.15, 0.2) is 0 Å². The largest absolute Gasteiger partial charge is 0.206 e. The fourth-order valence-corrected chi connectivity index (χ4v) is 3.01. The Morgan fingerprint density at radius 3 is 2.65 bits per heavy atom. The molecule has 0 saturated heterocycles. The fourth-order valence-electron chi connectivity index (χ4n) is 3.01. The average molecular weight is 231 g/mol. The molecular weight excluding hydrogens is 213 g/mol. The van der Waals surface area contributed by atoms with Crippen molar-refractivity contribution in [1.82, 2.24) is 0 Å². The highest BCUT2D eigenvalue weighted by atomic mass is 19.1. The minimum Gasteiger partial charge on any atom is -0.206 e. The Kier molecular flexibility index (Phi) is 3.47. The van der Waals surface area contributed by atoms with Crippen molar-refractivity contribution in [3.8, 4) is 6.07 Å². The Hall–Kier alpha value is -1.36. The van der Waals surface area contributed by atoms with Crippen LogP contribution in [0.1, 0.15) is 50.2 Å². The molecule has 17 heavy (non-hydrogen) atoms. The van der Waals surface area contributed by atoms with Crippen LogP contribution in [0.4, 0.5) is 4.39 Å². The van der Waals surface area contributed by atoms with Gasteiger partial charge in [0.1, 0.15) is 5.82 Å². The summed E-state index contributed by atoms with van der Waals surface area (Å²) in [4.78, 5) is 0. The van der Waals surface area contributed by atoms with E-state index in [1.54, 1.807) is 0 Å². The van der Waals surface area contributed by atoms with E-state index in [0.29, 0.717) is 12.8 Å². The van der Waals surface area contributed by atoms with Gasteiger partial charge in [-0.1, -0.05) is 38.0 Å². The van der Waals surface area contributed by atoms with Crippen molar-refractivity contribution in [3.05, 3.63) is 35.1 Å². The summed E-state index contributed by atoms with van der Waals surface area (Å²) >= 11 is 0. The lowest BCUT2D eigenvalue weighted by Crippen LogP contribution is -2.23. The van der Waals surface area contributed by atoms with Crippen molar-refractivity contribution < 1.29 is 4.39 Å². The Labute approximate surface area is 102 Å². The molecule has 0 aliphatic heterocycles. The van der Waals surface area contributed by atoms with Crippen LogP contribution >= 0.6 is 0 Å². The second-order valence-electron chi connectivity index (χ2n) is 4.95. The molecule has 1 aliphatic rings. The molecule has 0 bridgehead atoms. The van der Waals surface area contributed by atoms with Gasteiger partial charge in [-0.3, -0.25) is 0 Å². The van der Waals surface area contributed by atoms with Crippen LogP contribution < -0.4 is 0 Å². The number of hydrogen-bond acceptors (Lipinski definition) is 1. The third-order valence-corrected chi connectivity index (χ3v) is 4.01. The Bertz CT molecular complexity index is 439. The zero-order valence-corrected chi connectivity index (χ0v) is 10.3. The lowest BCUT2D eigenvalue weighted by Gasteiger charge is -2.27. The number of rotatable bonds is 3. The molecule has 1 nitrogen and oxygen atoms in total. The van der Waals surface area contributed by atoms with Crippen LogP contribution in [-0.4, -0.2) is 0 Å². The summed E-state index contributed by atoms with van der Waals surface area (Å²) in [5.41, 5.74) is 1.33. The van der Waals surface area contributed by atoms with Crippen molar-refractivity contribution >= 4 is 0 Å². The Morgan fingerprint density at radius 1 is 1.35 bits per heavy atom. The molecule has 0 spiro atoms. The third kappa shape index (κ3) is 2.07. The van der Waals surface area contributed by atoms with Gasteiger partial charge in [-0.15, -0.1) is 0 Å². The third-order valence-electron chi connectivity index (χ3n) is 4.01. The maximum Gasteiger partial charge on any atom is 0.130 e. The molecule has 1 fully saturated rings. The lowest BCUT2D eigenvalue weighted by molar-refractivity contribution is 0.422. The summed E-state index contributed by atoms with van der Waals surface area (Å²) < 4.78 is 14.4. The first-order valence-corrected chi connectivity index (χ1v) is 6.38. The van der Waals surface area contributed by atoms with Gasteiger partial charge in [0.25, 0.3) is 0 Å². The number of nitriles is 1. The van der Waals surface area contributed by atoms with E-state index in [1.165, 1.54) is 0 Å². The minimum atomic E-state index is -0.218. The summed E-state index contributed by atoms with van der Waals surface area (Å²) in [6.45, 7) is 1.97. The standard InChI is InChI=1S/C15H18FN/c1-2-12-6-5-7-13(14(12)16)15(10-11-17)8-3-4-9-15/h5-7H,2-4,8-10H2,1H3. The number of halogens is 1. The second-order valence-corrected chi connectivity index (χ2v) is 4.95. The van der Waals surface area contributed by atoms with Crippen LogP contribution in [0.2, 0.25) is 0 Å². The van der Waals surface area contributed by atoms with Crippen LogP contribution in [0.5, 0.6) is 0 Å². The van der Waals surface area contributed by atoms with Crippen molar-refractivity contribution in [3.63, 3.8) is 0 Å². The highest BCUT2D eigenvalue weighted by Gasteiger charge is 2.37. The monoisotopic (exact) mass is 231 g/mol. The maximum absolute atomic E-state index is 14.4. The number of aryl methyl sites for hydroxylation is 1. The fraction of sp³-hybridized carbons (Fsp3) is 0.533. The molecule has 0 amide bonds. The van der Waals surface area contributed by atoms with Gasteiger partial charge in [0.05, 0.1) is 6.07 Å². The molecule has 0 radical (unpaired) electrons. The van der Waals surface area contributed by atoms with E-state index in [-0.39, 0.29) is 11.2 Å². The lowest BCUT2D eigenvalue weighted by atomic mass is 9.75. The van der Waals surface area contributed by atoms with E-state index in [9.17, 15) is 4.39 Å². The molecule has 0 heterocycles. The molecule has 1 aliphatic carbocycles. The van der Waals surface area contributed by atoms with Gasteiger partial charge in [-0.25, -0.2) is 4.39 Å². The summed E-state index contributed by atoms with van der Waals surface area (Å²) in [5, 5.41) is 9.00. The van der Waals surface area contributed by atoms with E-state index in [1.807, 2.05) is 25.1 Å². The number of hydrogen-bond donors (Lipinski definition) is 0. The number of nitrogens with zero attached hydrogens (tertiary/aromatic N) is 1. The van der Waals surface area contributed by atoms with Gasteiger partial charge < -0.3 is 0 Å².